The molecular weight excluding hydrogens is 419 g/mol. The highest BCUT2D eigenvalue weighted by atomic mass is 35.5. The number of aromatic carboxylic acids is 1. The number of nitrogens with zero attached hydrogens (tertiary/aromatic N) is 1. The fourth-order valence-electron chi connectivity index (χ4n) is 2.32. The minimum Gasteiger partial charge on any atom is -0.482 e. The van der Waals surface area contributed by atoms with E-state index in [9.17, 15) is 9.59 Å². The molecule has 0 unspecified atom stereocenters. The van der Waals surface area contributed by atoms with Gasteiger partial charge in [-0.2, -0.15) is 5.10 Å². The number of carbonyl (C=O) groups is 2. The van der Waals surface area contributed by atoms with Crippen molar-refractivity contribution in [2.75, 3.05) is 6.61 Å². The third kappa shape index (κ3) is 5.60. The van der Waals surface area contributed by atoms with Crippen LogP contribution in [-0.4, -0.2) is 29.8 Å². The molecule has 0 aliphatic heterocycles. The minimum absolute atomic E-state index is 0.155. The number of carboxylic acid groups (broad SMARTS) is 1. The summed E-state index contributed by atoms with van der Waals surface area (Å²) in [6.07, 6.45) is 1.32. The Bertz CT molecular complexity index is 1080. The Hall–Kier alpha value is -3.29. The average molecular weight is 433 g/mol. The molecule has 1 heterocycles. The summed E-state index contributed by atoms with van der Waals surface area (Å²) >= 11 is 11.8. The Kier molecular flexibility index (Phi) is 6.54. The van der Waals surface area contributed by atoms with Gasteiger partial charge in [-0.15, -0.1) is 0 Å². The lowest BCUT2D eigenvalue weighted by molar-refractivity contribution is -0.123. The number of carboxylic acids is 1. The Morgan fingerprint density at radius 2 is 1.97 bits per heavy atom. The second kappa shape index (κ2) is 9.27. The van der Waals surface area contributed by atoms with Gasteiger partial charge in [0.25, 0.3) is 5.91 Å². The van der Waals surface area contributed by atoms with E-state index in [0.717, 1.165) is 0 Å². The lowest BCUT2D eigenvalue weighted by Crippen LogP contribution is -2.24. The van der Waals surface area contributed by atoms with E-state index in [1.165, 1.54) is 24.4 Å². The fraction of sp³-hybridized carbons (Fsp3) is 0.0500. The normalized spacial score (nSPS) is 10.8. The van der Waals surface area contributed by atoms with Crippen molar-refractivity contribution >= 4 is 41.3 Å². The van der Waals surface area contributed by atoms with E-state index in [-0.39, 0.29) is 12.2 Å². The van der Waals surface area contributed by atoms with Gasteiger partial charge >= 0.3 is 5.97 Å². The van der Waals surface area contributed by atoms with Crippen molar-refractivity contribution in [3.8, 4) is 17.1 Å². The van der Waals surface area contributed by atoms with Crippen LogP contribution >= 0.6 is 23.2 Å². The number of ether oxygens (including phenoxy) is 1. The standard InChI is InChI=1S/C20H14Cl2N2O5/c21-14-4-6-18(16(22)9-14)28-11-19(25)24-23-10-15-5-7-17(29-15)12-2-1-3-13(8-12)20(26)27/h1-10H,11H2,(H,24,25)(H,26,27)/b23-10-. The molecule has 2 N–H and O–H groups in total. The molecular formula is C20H14Cl2N2O5. The molecule has 0 saturated heterocycles. The number of carbonyl (C=O) groups excluding carboxylic acids is 1. The van der Waals surface area contributed by atoms with E-state index in [1.54, 1.807) is 36.4 Å². The first-order valence-electron chi connectivity index (χ1n) is 8.25. The lowest BCUT2D eigenvalue weighted by atomic mass is 10.1. The van der Waals surface area contributed by atoms with Crippen LogP contribution in [0.25, 0.3) is 11.3 Å². The van der Waals surface area contributed by atoms with Gasteiger partial charge in [-0.3, -0.25) is 4.79 Å². The molecule has 0 aliphatic carbocycles. The SMILES string of the molecule is O=C(COc1ccc(Cl)cc1Cl)N/N=C\c1ccc(-c2cccc(C(=O)O)c2)o1. The maximum atomic E-state index is 11.8. The predicted octanol–water partition coefficient (Wildman–Crippen LogP) is 4.48. The second-order valence-corrected chi connectivity index (χ2v) is 6.59. The van der Waals surface area contributed by atoms with Crippen LogP contribution in [0.4, 0.5) is 0 Å². The molecule has 29 heavy (non-hydrogen) atoms. The number of furan rings is 1. The van der Waals surface area contributed by atoms with Crippen LogP contribution in [0, 0.1) is 0 Å². The van der Waals surface area contributed by atoms with Crippen LogP contribution in [0.3, 0.4) is 0 Å². The largest absolute Gasteiger partial charge is 0.482 e. The zero-order chi connectivity index (χ0) is 20.8. The van der Waals surface area contributed by atoms with Crippen LogP contribution in [0.15, 0.2) is 64.1 Å². The highest BCUT2D eigenvalue weighted by molar-refractivity contribution is 6.35. The number of rotatable bonds is 7. The van der Waals surface area contributed by atoms with Gasteiger partial charge in [-0.05, 0) is 42.5 Å². The van der Waals surface area contributed by atoms with Crippen LogP contribution in [0.5, 0.6) is 5.75 Å². The topological polar surface area (TPSA) is 101 Å². The summed E-state index contributed by atoms with van der Waals surface area (Å²) < 4.78 is 10.9. The summed E-state index contributed by atoms with van der Waals surface area (Å²) in [5.41, 5.74) is 3.07. The highest BCUT2D eigenvalue weighted by Crippen LogP contribution is 2.27. The Balaban J connectivity index is 1.55. The van der Waals surface area contributed by atoms with Crippen molar-refractivity contribution < 1.29 is 23.8 Å². The zero-order valence-electron chi connectivity index (χ0n) is 14.8. The Morgan fingerprint density at radius 3 is 2.72 bits per heavy atom. The summed E-state index contributed by atoms with van der Waals surface area (Å²) in [7, 11) is 0. The van der Waals surface area contributed by atoms with Crippen molar-refractivity contribution in [1.29, 1.82) is 0 Å². The van der Waals surface area contributed by atoms with Crippen molar-refractivity contribution in [1.82, 2.24) is 5.43 Å². The molecule has 0 radical (unpaired) electrons. The van der Waals surface area contributed by atoms with Gasteiger partial charge in [0.1, 0.15) is 17.3 Å². The molecule has 3 aromatic rings. The quantitative estimate of drug-likeness (QED) is 0.423. The summed E-state index contributed by atoms with van der Waals surface area (Å²) in [5, 5.41) is 13.6. The molecule has 2 aromatic carbocycles. The van der Waals surface area contributed by atoms with E-state index in [2.05, 4.69) is 10.5 Å². The van der Waals surface area contributed by atoms with Gasteiger partial charge in [0.15, 0.2) is 6.61 Å². The third-order valence-electron chi connectivity index (χ3n) is 3.65. The molecule has 0 fully saturated rings. The molecule has 0 saturated carbocycles. The summed E-state index contributed by atoms with van der Waals surface area (Å²) in [5.74, 6) is -0.336. The van der Waals surface area contributed by atoms with E-state index in [4.69, 9.17) is 37.5 Å². The van der Waals surface area contributed by atoms with Gasteiger partial charge in [-0.25, -0.2) is 10.2 Å². The third-order valence-corrected chi connectivity index (χ3v) is 4.19. The molecule has 0 spiro atoms. The Labute approximate surface area is 175 Å². The summed E-state index contributed by atoms with van der Waals surface area (Å²) in [4.78, 5) is 22.9. The number of benzene rings is 2. The summed E-state index contributed by atoms with van der Waals surface area (Å²) in [6.45, 7) is -0.288. The first-order valence-corrected chi connectivity index (χ1v) is 9.01. The average Bonchev–Trinajstić information content (AvgIpc) is 3.16. The zero-order valence-corrected chi connectivity index (χ0v) is 16.3. The predicted molar refractivity (Wildman–Crippen MR) is 109 cm³/mol. The van der Waals surface area contributed by atoms with Crippen LogP contribution < -0.4 is 10.2 Å². The number of hydrogen-bond donors (Lipinski definition) is 2. The van der Waals surface area contributed by atoms with Crippen LogP contribution in [0.1, 0.15) is 16.1 Å². The van der Waals surface area contributed by atoms with Crippen molar-refractivity contribution in [3.05, 3.63) is 76.0 Å². The molecule has 0 atom stereocenters. The van der Waals surface area contributed by atoms with Gasteiger partial charge in [0, 0.05) is 10.6 Å². The van der Waals surface area contributed by atoms with Crippen molar-refractivity contribution in [2.24, 2.45) is 5.10 Å². The first kappa shape index (κ1) is 20.4. The van der Waals surface area contributed by atoms with E-state index in [1.807, 2.05) is 0 Å². The first-order chi connectivity index (χ1) is 13.9. The fourth-order valence-corrected chi connectivity index (χ4v) is 2.78. The second-order valence-electron chi connectivity index (χ2n) is 5.74. The van der Waals surface area contributed by atoms with E-state index in [0.29, 0.717) is 32.9 Å². The number of nitrogens with one attached hydrogen (secondary N) is 1. The molecule has 1 amide bonds. The monoisotopic (exact) mass is 432 g/mol. The number of halogens is 2. The van der Waals surface area contributed by atoms with Crippen LogP contribution in [-0.2, 0) is 4.79 Å². The van der Waals surface area contributed by atoms with Gasteiger partial charge < -0.3 is 14.3 Å². The van der Waals surface area contributed by atoms with Gasteiger partial charge in [0.05, 0.1) is 16.8 Å². The number of hydrazone groups is 1. The summed E-state index contributed by atoms with van der Waals surface area (Å²) in [6, 6.07) is 14.3. The lowest BCUT2D eigenvalue weighted by Gasteiger charge is -2.06. The molecule has 1 aromatic heterocycles. The number of amides is 1. The van der Waals surface area contributed by atoms with E-state index >= 15 is 0 Å². The maximum absolute atomic E-state index is 11.8. The molecule has 148 valence electrons. The van der Waals surface area contributed by atoms with Crippen LogP contribution in [0.2, 0.25) is 10.0 Å². The van der Waals surface area contributed by atoms with Crippen molar-refractivity contribution in [3.63, 3.8) is 0 Å². The molecule has 0 aliphatic rings. The maximum Gasteiger partial charge on any atom is 0.335 e. The number of hydrogen-bond acceptors (Lipinski definition) is 5. The minimum atomic E-state index is -1.02. The Morgan fingerprint density at radius 1 is 1.14 bits per heavy atom. The molecule has 0 bridgehead atoms. The van der Waals surface area contributed by atoms with Gasteiger partial charge in [0.2, 0.25) is 0 Å². The highest BCUT2D eigenvalue weighted by Gasteiger charge is 2.08. The smallest absolute Gasteiger partial charge is 0.335 e. The molecule has 3 rings (SSSR count). The van der Waals surface area contributed by atoms with E-state index < -0.39 is 11.9 Å². The van der Waals surface area contributed by atoms with Gasteiger partial charge in [-0.1, -0.05) is 35.3 Å². The molecule has 9 heteroatoms. The molecule has 7 nitrogen and oxygen atoms in total. The van der Waals surface area contributed by atoms with Crippen molar-refractivity contribution in [2.45, 2.75) is 0 Å².